The van der Waals surface area contributed by atoms with Gasteiger partial charge in [-0.05, 0) is 64.5 Å². The van der Waals surface area contributed by atoms with Gasteiger partial charge in [0.2, 0.25) is 11.8 Å². The highest BCUT2D eigenvalue weighted by Gasteiger charge is 2.40. The van der Waals surface area contributed by atoms with Crippen molar-refractivity contribution in [2.45, 2.75) is 89.8 Å². The van der Waals surface area contributed by atoms with Crippen LogP contribution in [0.4, 0.5) is 9.59 Å². The van der Waals surface area contributed by atoms with E-state index < -0.39 is 36.5 Å². The van der Waals surface area contributed by atoms with Gasteiger partial charge in [-0.15, -0.1) is 0 Å². The molecule has 2 aliphatic heterocycles. The molecule has 2 aliphatic rings. The van der Waals surface area contributed by atoms with Gasteiger partial charge in [-0.1, -0.05) is 48.5 Å². The molecule has 57 heavy (non-hydrogen) atoms. The Morgan fingerprint density at radius 2 is 1.07 bits per heavy atom. The molecule has 0 aliphatic carbocycles. The second-order valence-corrected chi connectivity index (χ2v) is 14.6. The number of amides is 4. The van der Waals surface area contributed by atoms with E-state index >= 15 is 0 Å². The Morgan fingerprint density at radius 3 is 1.44 bits per heavy atom. The van der Waals surface area contributed by atoms with Gasteiger partial charge >= 0.3 is 12.2 Å². The first kappa shape index (κ1) is 40.9. The maximum atomic E-state index is 13.7. The van der Waals surface area contributed by atoms with Crippen LogP contribution in [0, 0.1) is 13.8 Å². The van der Waals surface area contributed by atoms with Crippen LogP contribution in [0.5, 0.6) is 0 Å². The lowest BCUT2D eigenvalue weighted by Gasteiger charge is -2.30. The molecule has 2 aromatic heterocycles. The number of hydrogen-bond donors (Lipinski definition) is 5. The number of aromatic amines is 2. The predicted molar refractivity (Wildman–Crippen MR) is 211 cm³/mol. The van der Waals surface area contributed by atoms with Crippen LogP contribution in [0.15, 0.2) is 48.5 Å². The Morgan fingerprint density at radius 1 is 0.684 bits per heavy atom. The second kappa shape index (κ2) is 17.6. The van der Waals surface area contributed by atoms with Gasteiger partial charge in [0, 0.05) is 49.8 Å². The molecule has 4 amide bonds. The smallest absolute Gasteiger partial charge is 0.407 e. The lowest BCUT2D eigenvalue weighted by Crippen LogP contribution is -2.54. The van der Waals surface area contributed by atoms with E-state index in [0.717, 1.165) is 64.3 Å². The van der Waals surface area contributed by atoms with Gasteiger partial charge in [0.25, 0.3) is 0 Å². The fourth-order valence-corrected chi connectivity index (χ4v) is 7.82. The molecule has 2 saturated heterocycles. The molecule has 0 saturated carbocycles. The molecule has 6 rings (SSSR count). The van der Waals surface area contributed by atoms with E-state index in [2.05, 4.69) is 32.7 Å². The van der Waals surface area contributed by atoms with E-state index in [1.54, 1.807) is 23.6 Å². The zero-order valence-electron chi connectivity index (χ0n) is 33.4. The van der Waals surface area contributed by atoms with E-state index in [1.807, 2.05) is 50.2 Å². The standard InChI is InChI=1S/C41H52N8O8/c1-22-32(44-36(42-22)30-10-8-20-48(30)38(50)34(24(3)55-5)46-40(52)53)28-16-12-26(13-17-28)27-14-18-29(19-15-27)33-23(2)43-37(45-33)31-11-9-21-49(31)39(51)35(25(4)56-6)47-41(54)57-7/h12-19,24-25,30-31,34-35,46H,8-11,20-21H2,1-7H3,(H,42,44)(H,43,45)(H,47,54)(H,52,53)/t24-,25-,30+,31+,34+,35+/m1/s1. The molecule has 2 fully saturated rings. The highest BCUT2D eigenvalue weighted by molar-refractivity contribution is 5.87. The van der Waals surface area contributed by atoms with E-state index in [4.69, 9.17) is 24.2 Å². The van der Waals surface area contributed by atoms with Crippen molar-refractivity contribution in [1.82, 2.24) is 40.4 Å². The Kier molecular flexibility index (Phi) is 12.6. The second-order valence-electron chi connectivity index (χ2n) is 14.6. The molecular formula is C41H52N8O8. The zero-order chi connectivity index (χ0) is 41.0. The van der Waals surface area contributed by atoms with E-state index in [-0.39, 0.29) is 23.9 Å². The third-order valence-electron chi connectivity index (χ3n) is 11.1. The van der Waals surface area contributed by atoms with E-state index in [9.17, 15) is 24.3 Å². The third-order valence-corrected chi connectivity index (χ3v) is 11.1. The van der Waals surface area contributed by atoms with Gasteiger partial charge in [-0.2, -0.15) is 0 Å². The summed E-state index contributed by atoms with van der Waals surface area (Å²) in [7, 11) is 4.20. The highest BCUT2D eigenvalue weighted by Crippen LogP contribution is 2.36. The van der Waals surface area contributed by atoms with Gasteiger partial charge in [-0.25, -0.2) is 19.6 Å². The van der Waals surface area contributed by atoms with Crippen LogP contribution >= 0.6 is 0 Å². The molecule has 0 unspecified atom stereocenters. The van der Waals surface area contributed by atoms with Crippen LogP contribution in [0.3, 0.4) is 0 Å². The Balaban J connectivity index is 1.15. The lowest BCUT2D eigenvalue weighted by atomic mass is 10.0. The van der Waals surface area contributed by atoms with Crippen molar-refractivity contribution in [2.24, 2.45) is 0 Å². The number of methoxy groups -OCH3 is 3. The van der Waals surface area contributed by atoms with Crippen molar-refractivity contribution in [3.63, 3.8) is 0 Å². The Bertz CT molecular complexity index is 2060. The molecule has 6 atom stereocenters. The number of benzene rings is 2. The number of carbonyl (C=O) groups is 4. The molecular weight excluding hydrogens is 732 g/mol. The monoisotopic (exact) mass is 784 g/mol. The van der Waals surface area contributed by atoms with Crippen molar-refractivity contribution < 1.29 is 38.5 Å². The molecule has 0 bridgehead atoms. The van der Waals surface area contributed by atoms with Crippen molar-refractivity contribution in [2.75, 3.05) is 34.4 Å². The van der Waals surface area contributed by atoms with Crippen LogP contribution in [-0.2, 0) is 23.8 Å². The molecule has 4 aromatic rings. The molecule has 304 valence electrons. The van der Waals surface area contributed by atoms with Gasteiger partial charge < -0.3 is 49.7 Å². The van der Waals surface area contributed by atoms with Crippen molar-refractivity contribution in [1.29, 1.82) is 0 Å². The summed E-state index contributed by atoms with van der Waals surface area (Å²) in [6, 6.07) is 13.8. The number of imidazole rings is 2. The first-order valence-electron chi connectivity index (χ1n) is 19.2. The highest BCUT2D eigenvalue weighted by atomic mass is 16.5. The molecule has 5 N–H and O–H groups in total. The number of H-pyrrole nitrogens is 2. The number of nitrogens with one attached hydrogen (secondary N) is 4. The average molecular weight is 785 g/mol. The molecule has 0 radical (unpaired) electrons. The maximum absolute atomic E-state index is 13.7. The Labute approximate surface area is 331 Å². The summed E-state index contributed by atoms with van der Waals surface area (Å²) >= 11 is 0. The summed E-state index contributed by atoms with van der Waals surface area (Å²) < 4.78 is 15.5. The predicted octanol–water partition coefficient (Wildman–Crippen LogP) is 5.51. The number of aryl methyl sites for hydroxylation is 2. The summed E-state index contributed by atoms with van der Waals surface area (Å²) in [6.07, 6.45) is -0.177. The maximum Gasteiger partial charge on any atom is 0.407 e. The van der Waals surface area contributed by atoms with E-state index in [0.29, 0.717) is 31.2 Å². The fraction of sp³-hybridized carbons (Fsp3) is 0.463. The molecule has 16 heteroatoms. The molecule has 2 aromatic carbocycles. The summed E-state index contributed by atoms with van der Waals surface area (Å²) in [5.41, 5.74) is 7.25. The van der Waals surface area contributed by atoms with Crippen LogP contribution in [0.1, 0.15) is 74.7 Å². The summed E-state index contributed by atoms with van der Waals surface area (Å²) in [6.45, 7) is 8.34. The number of likely N-dealkylation sites (tertiary alicyclic amines) is 2. The van der Waals surface area contributed by atoms with Crippen molar-refractivity contribution in [3.8, 4) is 33.6 Å². The number of carboxylic acid groups (broad SMARTS) is 1. The van der Waals surface area contributed by atoms with Gasteiger partial charge in [0.05, 0.1) is 42.8 Å². The molecule has 16 nitrogen and oxygen atoms in total. The van der Waals surface area contributed by atoms with Gasteiger partial charge in [-0.3, -0.25) is 9.59 Å². The zero-order valence-corrected chi connectivity index (χ0v) is 33.4. The number of hydrogen-bond acceptors (Lipinski definition) is 9. The lowest BCUT2D eigenvalue weighted by molar-refractivity contribution is -0.138. The number of aromatic nitrogens is 4. The number of ether oxygens (including phenoxy) is 3. The van der Waals surface area contributed by atoms with Crippen LogP contribution in [0.25, 0.3) is 33.6 Å². The third kappa shape index (κ3) is 8.66. The first-order chi connectivity index (χ1) is 27.3. The number of nitrogens with zero attached hydrogens (tertiary/aromatic N) is 4. The molecule has 4 heterocycles. The topological polar surface area (TPSA) is 204 Å². The van der Waals surface area contributed by atoms with Crippen molar-refractivity contribution in [3.05, 3.63) is 71.6 Å². The average Bonchev–Trinajstić information content (AvgIpc) is 4.04. The van der Waals surface area contributed by atoms with Crippen LogP contribution in [0.2, 0.25) is 0 Å². The summed E-state index contributed by atoms with van der Waals surface area (Å²) in [5.74, 6) is 0.764. The minimum atomic E-state index is -1.28. The van der Waals surface area contributed by atoms with Crippen LogP contribution < -0.4 is 10.6 Å². The minimum absolute atomic E-state index is 0.253. The number of rotatable bonds is 13. The van der Waals surface area contributed by atoms with Gasteiger partial charge in [0.15, 0.2) is 0 Å². The summed E-state index contributed by atoms with van der Waals surface area (Å²) in [5, 5.41) is 14.3. The Hall–Kier alpha value is -5.74. The number of carbonyl (C=O) groups excluding carboxylic acids is 3. The van der Waals surface area contributed by atoms with Crippen molar-refractivity contribution >= 4 is 24.0 Å². The SMILES string of the molecule is COC(=O)N[C@H](C(=O)N1CCC[C@H]1c1nc(-c2ccc(-c3ccc(-c4nc([C@@H]5CCCN5C(=O)[C@@H](NC(=O)O)[C@@H](C)OC)[nH]c4C)cc3)cc2)c(C)[nH]1)[C@@H](C)OC. The summed E-state index contributed by atoms with van der Waals surface area (Å²) in [4.78, 5) is 70.9. The minimum Gasteiger partial charge on any atom is -0.465 e. The molecule has 0 spiro atoms. The largest absolute Gasteiger partial charge is 0.465 e. The fourth-order valence-electron chi connectivity index (χ4n) is 7.82. The normalized spacial score (nSPS) is 18.9. The van der Waals surface area contributed by atoms with Gasteiger partial charge in [0.1, 0.15) is 23.7 Å². The first-order valence-corrected chi connectivity index (χ1v) is 19.2. The number of alkyl carbamates (subject to hydrolysis) is 1. The van der Waals surface area contributed by atoms with E-state index in [1.165, 1.54) is 21.3 Å². The van der Waals surface area contributed by atoms with Crippen LogP contribution in [-0.4, -0.2) is 118 Å². The quantitative estimate of drug-likeness (QED) is 0.115.